The number of carbonyl (C=O) groups excluding carboxylic acids is 3. The van der Waals surface area contributed by atoms with Crippen molar-refractivity contribution in [1.82, 2.24) is 0 Å². The van der Waals surface area contributed by atoms with Crippen LogP contribution in [0.1, 0.15) is 290 Å². The first-order valence-corrected chi connectivity index (χ1v) is 32.0. The zero-order chi connectivity index (χ0) is 55.7. The zero-order valence-electron chi connectivity index (χ0n) is 50.2. The van der Waals surface area contributed by atoms with Gasteiger partial charge in [0.1, 0.15) is 13.2 Å². The number of esters is 3. The average Bonchev–Trinajstić information content (AvgIpc) is 3.43. The monoisotopic (exact) mass is 1070 g/mol. The van der Waals surface area contributed by atoms with Gasteiger partial charge in [0.2, 0.25) is 0 Å². The van der Waals surface area contributed by atoms with Crippen LogP contribution in [0.5, 0.6) is 0 Å². The molecular formula is C71H118O6. The molecule has 0 fully saturated rings. The molecule has 0 rings (SSSR count). The highest BCUT2D eigenvalue weighted by Crippen LogP contribution is 2.15. The van der Waals surface area contributed by atoms with Crippen LogP contribution in [0.25, 0.3) is 0 Å². The fraction of sp³-hybridized carbons (Fsp3) is 0.676. The van der Waals surface area contributed by atoms with Crippen molar-refractivity contribution in [2.45, 2.75) is 297 Å². The third-order valence-corrected chi connectivity index (χ3v) is 13.4. The van der Waals surface area contributed by atoms with E-state index < -0.39 is 6.10 Å². The second-order valence-corrected chi connectivity index (χ2v) is 20.9. The number of carbonyl (C=O) groups is 3. The van der Waals surface area contributed by atoms with E-state index in [-0.39, 0.29) is 31.1 Å². The summed E-state index contributed by atoms with van der Waals surface area (Å²) < 4.78 is 16.8. The lowest BCUT2D eigenvalue weighted by atomic mass is 10.1. The SMILES string of the molecule is CC/C=C\C/C=C\C/C=C\C/C=C\C/C=C\C/C=C\C/C=C\C/C=C\CCCCCCCCCCCCC(=O)OCC(COC(=O)CCCCCCC/C=C\CCCCC)OC(=O)CCCCCCC/C=C\CCCCC. The van der Waals surface area contributed by atoms with Gasteiger partial charge >= 0.3 is 17.9 Å². The predicted molar refractivity (Wildman–Crippen MR) is 334 cm³/mol. The van der Waals surface area contributed by atoms with E-state index in [1.54, 1.807) is 0 Å². The van der Waals surface area contributed by atoms with Gasteiger partial charge in [-0.15, -0.1) is 0 Å². The number of allylic oxidation sites excluding steroid dienone is 20. The molecule has 0 aliphatic carbocycles. The summed E-state index contributed by atoms with van der Waals surface area (Å²) in [6.07, 6.45) is 89.3. The van der Waals surface area contributed by atoms with Crippen LogP contribution in [-0.2, 0) is 28.6 Å². The maximum absolute atomic E-state index is 12.8. The van der Waals surface area contributed by atoms with Crippen molar-refractivity contribution in [2.75, 3.05) is 13.2 Å². The number of ether oxygens (including phenoxy) is 3. The molecule has 0 aromatic heterocycles. The van der Waals surface area contributed by atoms with Gasteiger partial charge in [0, 0.05) is 19.3 Å². The van der Waals surface area contributed by atoms with Crippen LogP contribution >= 0.6 is 0 Å². The molecule has 0 bridgehead atoms. The summed E-state index contributed by atoms with van der Waals surface area (Å²) in [6, 6.07) is 0. The first-order chi connectivity index (χ1) is 38.0. The van der Waals surface area contributed by atoms with E-state index in [0.717, 1.165) is 128 Å². The maximum atomic E-state index is 12.8. The molecule has 6 heteroatoms. The largest absolute Gasteiger partial charge is 0.462 e. The van der Waals surface area contributed by atoms with Gasteiger partial charge in [-0.2, -0.15) is 0 Å². The van der Waals surface area contributed by atoms with Crippen molar-refractivity contribution in [3.8, 4) is 0 Å². The van der Waals surface area contributed by atoms with Crippen LogP contribution in [0.15, 0.2) is 122 Å². The number of unbranched alkanes of at least 4 members (excludes halogenated alkanes) is 26. The van der Waals surface area contributed by atoms with Crippen LogP contribution in [0.4, 0.5) is 0 Å². The van der Waals surface area contributed by atoms with E-state index in [2.05, 4.69) is 142 Å². The van der Waals surface area contributed by atoms with Gasteiger partial charge in [-0.05, 0) is 135 Å². The van der Waals surface area contributed by atoms with Crippen molar-refractivity contribution < 1.29 is 28.6 Å². The standard InChI is InChI=1S/C71H118O6/c1-4-7-10-13-16-19-22-25-26-27-28-29-30-31-32-33-34-35-36-37-38-39-40-41-42-43-44-45-46-47-50-52-55-58-61-64-70(73)76-67-68(77-71(74)65-62-59-56-53-49-24-21-18-15-12-9-6-3)66-75-69(72)63-60-57-54-51-48-23-20-17-14-11-8-5-2/h7,10,16-21,25-26,28-29,31-32,34-35,37-38,40-41,68H,4-6,8-9,11-15,22-24,27,30,33,36,39,42-67H2,1-3H3/b10-7-,19-16-,20-17-,21-18-,26-25-,29-28-,32-31-,35-34-,38-37-,41-40-. The summed E-state index contributed by atoms with van der Waals surface area (Å²) in [5.41, 5.74) is 0. The quantitative estimate of drug-likeness (QED) is 0.0261. The van der Waals surface area contributed by atoms with Crippen LogP contribution in [0, 0.1) is 0 Å². The van der Waals surface area contributed by atoms with Gasteiger partial charge in [0.25, 0.3) is 0 Å². The van der Waals surface area contributed by atoms with Crippen LogP contribution in [0.3, 0.4) is 0 Å². The summed E-state index contributed by atoms with van der Waals surface area (Å²) in [6.45, 7) is 6.46. The molecule has 0 aliphatic rings. The minimum atomic E-state index is -0.788. The molecule has 0 N–H and O–H groups in total. The van der Waals surface area contributed by atoms with Gasteiger partial charge in [-0.25, -0.2) is 0 Å². The normalized spacial score (nSPS) is 12.9. The Bertz CT molecular complexity index is 1600. The van der Waals surface area contributed by atoms with E-state index in [9.17, 15) is 14.4 Å². The Labute approximate surface area is 475 Å². The molecule has 0 saturated heterocycles. The molecule has 0 spiro atoms. The van der Waals surface area contributed by atoms with E-state index >= 15 is 0 Å². The fourth-order valence-corrected chi connectivity index (χ4v) is 8.62. The second kappa shape index (κ2) is 64.3. The third-order valence-electron chi connectivity index (χ3n) is 13.4. The van der Waals surface area contributed by atoms with Gasteiger partial charge < -0.3 is 14.2 Å². The fourth-order valence-electron chi connectivity index (χ4n) is 8.62. The van der Waals surface area contributed by atoms with Gasteiger partial charge in [-0.1, -0.05) is 258 Å². The lowest BCUT2D eigenvalue weighted by molar-refractivity contribution is -0.167. The minimum absolute atomic E-state index is 0.0865. The molecule has 1 unspecified atom stereocenters. The molecule has 77 heavy (non-hydrogen) atoms. The highest BCUT2D eigenvalue weighted by atomic mass is 16.6. The van der Waals surface area contributed by atoms with E-state index in [4.69, 9.17) is 14.2 Å². The molecule has 6 nitrogen and oxygen atoms in total. The van der Waals surface area contributed by atoms with Crippen LogP contribution in [-0.4, -0.2) is 37.2 Å². The van der Waals surface area contributed by atoms with E-state index in [1.165, 1.54) is 122 Å². The molecule has 0 aromatic carbocycles. The first-order valence-electron chi connectivity index (χ1n) is 32.0. The Morgan fingerprint density at radius 1 is 0.273 bits per heavy atom. The Kier molecular flexibility index (Phi) is 60.8. The summed E-state index contributed by atoms with van der Waals surface area (Å²) in [5.74, 6) is -0.907. The molecule has 438 valence electrons. The first kappa shape index (κ1) is 72.8. The minimum Gasteiger partial charge on any atom is -0.462 e. The number of hydrogen-bond donors (Lipinski definition) is 0. The Morgan fingerprint density at radius 2 is 0.506 bits per heavy atom. The van der Waals surface area contributed by atoms with Crippen molar-refractivity contribution in [3.63, 3.8) is 0 Å². The summed E-state index contributed by atoms with van der Waals surface area (Å²) in [4.78, 5) is 38.1. The molecule has 0 aromatic rings. The van der Waals surface area contributed by atoms with Crippen molar-refractivity contribution in [2.24, 2.45) is 0 Å². The third kappa shape index (κ3) is 62.5. The number of hydrogen-bond acceptors (Lipinski definition) is 6. The topological polar surface area (TPSA) is 78.9 Å². The lowest BCUT2D eigenvalue weighted by Gasteiger charge is -2.18. The molecule has 0 heterocycles. The average molecular weight is 1070 g/mol. The molecule has 1 atom stereocenters. The molecule has 0 amide bonds. The Hall–Kier alpha value is -4.19. The van der Waals surface area contributed by atoms with Gasteiger partial charge in [0.05, 0.1) is 0 Å². The highest BCUT2D eigenvalue weighted by Gasteiger charge is 2.19. The summed E-state index contributed by atoms with van der Waals surface area (Å²) >= 11 is 0. The lowest BCUT2D eigenvalue weighted by Crippen LogP contribution is -2.30. The smallest absolute Gasteiger partial charge is 0.306 e. The number of rotatable bonds is 57. The molecule has 0 radical (unpaired) electrons. The maximum Gasteiger partial charge on any atom is 0.306 e. The highest BCUT2D eigenvalue weighted by molar-refractivity contribution is 5.71. The summed E-state index contributed by atoms with van der Waals surface area (Å²) in [5, 5.41) is 0. The Balaban J connectivity index is 4.16. The molecule has 0 saturated carbocycles. The van der Waals surface area contributed by atoms with E-state index in [1.807, 2.05) is 0 Å². The van der Waals surface area contributed by atoms with Crippen LogP contribution < -0.4 is 0 Å². The molecule has 0 aliphatic heterocycles. The molecular weight excluding hydrogens is 949 g/mol. The summed E-state index contributed by atoms with van der Waals surface area (Å²) in [7, 11) is 0. The van der Waals surface area contributed by atoms with Gasteiger partial charge in [0.15, 0.2) is 6.10 Å². The second-order valence-electron chi connectivity index (χ2n) is 20.9. The van der Waals surface area contributed by atoms with E-state index in [0.29, 0.717) is 19.3 Å². The van der Waals surface area contributed by atoms with Gasteiger partial charge in [-0.3, -0.25) is 14.4 Å². The predicted octanol–water partition coefficient (Wildman–Crippen LogP) is 22.0. The zero-order valence-corrected chi connectivity index (χ0v) is 50.2. The van der Waals surface area contributed by atoms with Crippen molar-refractivity contribution in [1.29, 1.82) is 0 Å². The van der Waals surface area contributed by atoms with Crippen molar-refractivity contribution >= 4 is 17.9 Å². The van der Waals surface area contributed by atoms with Crippen molar-refractivity contribution in [3.05, 3.63) is 122 Å². The van der Waals surface area contributed by atoms with Crippen LogP contribution in [0.2, 0.25) is 0 Å². The Morgan fingerprint density at radius 3 is 0.805 bits per heavy atom.